The van der Waals surface area contributed by atoms with Crippen molar-refractivity contribution in [1.82, 2.24) is 14.9 Å². The number of hydrogen-bond donors (Lipinski definition) is 3. The molecule has 1 amide bonds. The Hall–Kier alpha value is -1.12. The second-order valence-corrected chi connectivity index (χ2v) is 8.00. The van der Waals surface area contributed by atoms with Gasteiger partial charge in [0.25, 0.3) is 5.91 Å². The number of halogens is 2. The van der Waals surface area contributed by atoms with Crippen LogP contribution in [0.5, 0.6) is 0 Å². The fourth-order valence-corrected chi connectivity index (χ4v) is 3.40. The number of rotatable bonds is 4. The summed E-state index contributed by atoms with van der Waals surface area (Å²) >= 11 is 6.99. The summed E-state index contributed by atoms with van der Waals surface area (Å²) in [6, 6.07) is 1.92. The van der Waals surface area contributed by atoms with Crippen LogP contribution in [0.15, 0.2) is 21.2 Å². The number of carbonyl (C=O) groups excluding carboxylic acids is 1. The Labute approximate surface area is 145 Å². The van der Waals surface area contributed by atoms with Crippen molar-refractivity contribution in [1.29, 1.82) is 0 Å². The lowest BCUT2D eigenvalue weighted by Crippen LogP contribution is -2.27. The van der Waals surface area contributed by atoms with Gasteiger partial charge in [-0.2, -0.15) is 0 Å². The lowest BCUT2D eigenvalue weighted by atomic mass is 9.90. The van der Waals surface area contributed by atoms with E-state index in [9.17, 15) is 4.79 Å². The van der Waals surface area contributed by atoms with Crippen LogP contribution in [0.4, 0.5) is 5.82 Å². The number of nitrogens with one attached hydrogen (secondary N) is 2. The molecule has 3 N–H and O–H groups in total. The monoisotopic (exact) mass is 432 g/mol. The first-order chi connectivity index (χ1) is 10.2. The Kier molecular flexibility index (Phi) is 5.14. The van der Waals surface area contributed by atoms with Gasteiger partial charge in [0.15, 0.2) is 5.65 Å². The van der Waals surface area contributed by atoms with Gasteiger partial charge in [-0.3, -0.25) is 14.4 Å². The van der Waals surface area contributed by atoms with E-state index in [-0.39, 0.29) is 12.0 Å². The van der Waals surface area contributed by atoms with E-state index < -0.39 is 5.91 Å². The number of amides is 1. The number of pyridine rings is 1. The highest BCUT2D eigenvalue weighted by Crippen LogP contribution is 2.31. The van der Waals surface area contributed by atoms with Gasteiger partial charge < -0.3 is 5.32 Å². The number of fused-ring (bicyclic) bond motifs is 1. The molecule has 0 aliphatic carbocycles. The first kappa shape index (κ1) is 17.2. The number of imidazole rings is 1. The maximum Gasteiger partial charge on any atom is 0.262 e. The Morgan fingerprint density at radius 2 is 2.09 bits per heavy atom. The average Bonchev–Trinajstić information content (AvgIpc) is 2.73. The average molecular weight is 434 g/mol. The maximum atomic E-state index is 11.2. The molecule has 2 aromatic heterocycles. The quantitative estimate of drug-likeness (QED) is 0.510. The first-order valence-electron chi connectivity index (χ1n) is 6.74. The molecular formula is C14H18Br2N4O2. The molecular weight excluding hydrogens is 416 g/mol. The van der Waals surface area contributed by atoms with Crippen molar-refractivity contribution in [3.05, 3.63) is 26.9 Å². The SMILES string of the molecule is CC(C)(C)Cc1c(NCC(=O)NO)nc2c(Br)cc(Br)cn12. The highest BCUT2D eigenvalue weighted by atomic mass is 79.9. The number of carbonyl (C=O) groups is 1. The molecule has 0 bridgehead atoms. The van der Waals surface area contributed by atoms with Gasteiger partial charge in [-0.05, 0) is 49.8 Å². The highest BCUT2D eigenvalue weighted by Gasteiger charge is 2.21. The van der Waals surface area contributed by atoms with E-state index in [4.69, 9.17) is 5.21 Å². The minimum Gasteiger partial charge on any atom is -0.359 e. The summed E-state index contributed by atoms with van der Waals surface area (Å²) < 4.78 is 3.79. The summed E-state index contributed by atoms with van der Waals surface area (Å²) in [6.07, 6.45) is 2.73. The zero-order valence-electron chi connectivity index (χ0n) is 12.6. The fraction of sp³-hybridized carbons (Fsp3) is 0.429. The van der Waals surface area contributed by atoms with Crippen LogP contribution in [0.25, 0.3) is 5.65 Å². The molecule has 0 aromatic carbocycles. The predicted molar refractivity (Wildman–Crippen MR) is 92.2 cm³/mol. The molecule has 22 heavy (non-hydrogen) atoms. The number of hydrogen-bond acceptors (Lipinski definition) is 4. The van der Waals surface area contributed by atoms with Crippen LogP contribution in [0.1, 0.15) is 26.5 Å². The van der Waals surface area contributed by atoms with Gasteiger partial charge in [-0.15, -0.1) is 0 Å². The molecule has 6 nitrogen and oxygen atoms in total. The zero-order chi connectivity index (χ0) is 16.5. The summed E-state index contributed by atoms with van der Waals surface area (Å²) in [5.74, 6) is 0.122. The van der Waals surface area contributed by atoms with Gasteiger partial charge in [0.2, 0.25) is 0 Å². The van der Waals surface area contributed by atoms with E-state index in [1.54, 1.807) is 5.48 Å². The smallest absolute Gasteiger partial charge is 0.262 e. The molecule has 0 spiro atoms. The van der Waals surface area contributed by atoms with E-state index in [1.165, 1.54) is 0 Å². The molecule has 0 radical (unpaired) electrons. The third kappa shape index (κ3) is 3.99. The summed E-state index contributed by atoms with van der Waals surface area (Å²) in [6.45, 7) is 6.38. The predicted octanol–water partition coefficient (Wildman–Crippen LogP) is 3.37. The van der Waals surface area contributed by atoms with Crippen molar-refractivity contribution in [2.24, 2.45) is 5.41 Å². The van der Waals surface area contributed by atoms with E-state index in [0.717, 1.165) is 26.7 Å². The molecule has 0 saturated carbocycles. The minimum absolute atomic E-state index is 0.0453. The molecule has 0 aliphatic rings. The fourth-order valence-electron chi connectivity index (χ4n) is 2.14. The van der Waals surface area contributed by atoms with Crippen LogP contribution in [-0.2, 0) is 11.2 Å². The van der Waals surface area contributed by atoms with Crippen molar-refractivity contribution in [3.63, 3.8) is 0 Å². The van der Waals surface area contributed by atoms with E-state index >= 15 is 0 Å². The third-order valence-electron chi connectivity index (χ3n) is 2.98. The lowest BCUT2D eigenvalue weighted by molar-refractivity contribution is -0.127. The molecule has 2 rings (SSSR count). The number of anilines is 1. The number of hydroxylamine groups is 1. The van der Waals surface area contributed by atoms with Crippen molar-refractivity contribution in [3.8, 4) is 0 Å². The summed E-state index contributed by atoms with van der Waals surface area (Å²) in [7, 11) is 0. The largest absolute Gasteiger partial charge is 0.359 e. The summed E-state index contributed by atoms with van der Waals surface area (Å²) in [5, 5.41) is 11.6. The second-order valence-electron chi connectivity index (χ2n) is 6.23. The third-order valence-corrected chi connectivity index (χ3v) is 4.00. The normalized spacial score (nSPS) is 11.7. The second kappa shape index (κ2) is 6.55. The van der Waals surface area contributed by atoms with Crippen LogP contribution >= 0.6 is 31.9 Å². The maximum absolute atomic E-state index is 11.2. The van der Waals surface area contributed by atoms with E-state index in [0.29, 0.717) is 5.82 Å². The lowest BCUT2D eigenvalue weighted by Gasteiger charge is -2.19. The summed E-state index contributed by atoms with van der Waals surface area (Å²) in [5.41, 5.74) is 3.41. The van der Waals surface area contributed by atoms with Crippen LogP contribution < -0.4 is 10.8 Å². The van der Waals surface area contributed by atoms with Gasteiger partial charge in [-0.25, -0.2) is 10.5 Å². The topological polar surface area (TPSA) is 78.7 Å². The number of aromatic nitrogens is 2. The molecule has 0 unspecified atom stereocenters. The molecule has 0 fully saturated rings. The Morgan fingerprint density at radius 1 is 1.41 bits per heavy atom. The van der Waals surface area contributed by atoms with E-state index in [2.05, 4.69) is 62.9 Å². The standard InChI is InChI=1S/C14H18Br2N4O2/c1-14(2,3)5-10-12(17-6-11(21)19-22)18-13-9(16)4-8(15)7-20(10)13/h4,7,17,22H,5-6H2,1-3H3,(H,19,21). The molecule has 2 aromatic rings. The van der Waals surface area contributed by atoms with Crippen LogP contribution in [-0.4, -0.2) is 27.0 Å². The molecule has 8 heteroatoms. The Balaban J connectivity index is 2.51. The van der Waals surface area contributed by atoms with Crippen molar-refractivity contribution < 1.29 is 10.0 Å². The first-order valence-corrected chi connectivity index (χ1v) is 8.32. The van der Waals surface area contributed by atoms with Crippen molar-refractivity contribution in [2.75, 3.05) is 11.9 Å². The summed E-state index contributed by atoms with van der Waals surface area (Å²) in [4.78, 5) is 15.8. The Morgan fingerprint density at radius 3 is 2.68 bits per heavy atom. The van der Waals surface area contributed by atoms with Gasteiger partial charge >= 0.3 is 0 Å². The van der Waals surface area contributed by atoms with Gasteiger partial charge in [0.05, 0.1) is 16.7 Å². The Bertz CT molecular complexity index is 707. The van der Waals surface area contributed by atoms with Gasteiger partial charge in [0.1, 0.15) is 5.82 Å². The molecule has 0 saturated heterocycles. The van der Waals surface area contributed by atoms with E-state index in [1.807, 2.05) is 16.7 Å². The van der Waals surface area contributed by atoms with Gasteiger partial charge in [0, 0.05) is 10.7 Å². The van der Waals surface area contributed by atoms with Crippen molar-refractivity contribution >= 4 is 49.2 Å². The highest BCUT2D eigenvalue weighted by molar-refractivity contribution is 9.11. The van der Waals surface area contributed by atoms with Crippen LogP contribution in [0.2, 0.25) is 0 Å². The van der Waals surface area contributed by atoms with Crippen molar-refractivity contribution in [2.45, 2.75) is 27.2 Å². The molecule has 0 aliphatic heterocycles. The molecule has 0 atom stereocenters. The minimum atomic E-state index is -0.515. The zero-order valence-corrected chi connectivity index (χ0v) is 15.7. The molecule has 2 heterocycles. The van der Waals surface area contributed by atoms with Gasteiger partial charge in [-0.1, -0.05) is 20.8 Å². The van der Waals surface area contributed by atoms with Crippen LogP contribution in [0, 0.1) is 5.41 Å². The molecule has 120 valence electrons. The van der Waals surface area contributed by atoms with Crippen LogP contribution in [0.3, 0.4) is 0 Å². The number of nitrogens with zero attached hydrogens (tertiary/aromatic N) is 2.